The Balaban J connectivity index is 4.06. The molecular formula is C5H9O4P. The van der Waals surface area contributed by atoms with Crippen molar-refractivity contribution in [2.45, 2.75) is 0 Å². The Bertz CT molecular complexity index is 174. The molecule has 0 aromatic heterocycles. The largest absolute Gasteiger partial charge is 0.529 e. The average molecular weight is 164 g/mol. The Hall–Kier alpha value is -0.530. The van der Waals surface area contributed by atoms with Crippen LogP contribution in [0.1, 0.15) is 0 Å². The van der Waals surface area contributed by atoms with Gasteiger partial charge in [0.1, 0.15) is 6.26 Å². The highest BCUT2D eigenvalue weighted by Crippen LogP contribution is 2.47. The topological polar surface area (TPSA) is 44.8 Å². The van der Waals surface area contributed by atoms with Crippen molar-refractivity contribution in [1.29, 1.82) is 0 Å². The Morgan fingerprint density at radius 3 is 2.30 bits per heavy atom. The fourth-order valence-electron chi connectivity index (χ4n) is 0.262. The second-order valence-electron chi connectivity index (χ2n) is 1.24. The summed E-state index contributed by atoms with van der Waals surface area (Å²) >= 11 is 0. The van der Waals surface area contributed by atoms with Crippen molar-refractivity contribution in [3.63, 3.8) is 0 Å². The summed E-state index contributed by atoms with van der Waals surface area (Å²) in [5, 5.41) is 0. The van der Waals surface area contributed by atoms with Crippen LogP contribution in [0.5, 0.6) is 0 Å². The highest BCUT2D eigenvalue weighted by Gasteiger charge is 2.21. The SMILES string of the molecule is C=C=COP(=O)(OC)OC. The molecule has 58 valence electrons. The molecule has 0 fully saturated rings. The highest BCUT2D eigenvalue weighted by molar-refractivity contribution is 7.48. The van der Waals surface area contributed by atoms with Gasteiger partial charge in [-0.25, -0.2) is 4.57 Å². The van der Waals surface area contributed by atoms with E-state index in [9.17, 15) is 4.57 Å². The first-order chi connectivity index (χ1) is 4.68. The van der Waals surface area contributed by atoms with Crippen molar-refractivity contribution < 1.29 is 18.1 Å². The number of hydrogen-bond acceptors (Lipinski definition) is 4. The minimum atomic E-state index is -3.36. The minimum absolute atomic E-state index is 1.02. The minimum Gasteiger partial charge on any atom is -0.403 e. The van der Waals surface area contributed by atoms with Crippen LogP contribution in [0.3, 0.4) is 0 Å². The molecule has 0 unspecified atom stereocenters. The molecule has 0 heterocycles. The maximum atomic E-state index is 10.9. The van der Waals surface area contributed by atoms with Crippen molar-refractivity contribution in [1.82, 2.24) is 0 Å². The highest BCUT2D eigenvalue weighted by atomic mass is 31.2. The van der Waals surface area contributed by atoms with E-state index in [1.165, 1.54) is 14.2 Å². The van der Waals surface area contributed by atoms with Gasteiger partial charge in [-0.15, -0.1) is 0 Å². The third-order valence-corrected chi connectivity index (χ3v) is 1.97. The summed E-state index contributed by atoms with van der Waals surface area (Å²) in [5.74, 6) is 0. The zero-order valence-corrected chi connectivity index (χ0v) is 6.76. The predicted octanol–water partition coefficient (Wildman–Crippen LogP) is 1.70. The smallest absolute Gasteiger partial charge is 0.403 e. The molecule has 0 aromatic rings. The number of phosphoric ester groups is 1. The molecule has 0 aliphatic rings. The molecule has 0 saturated carbocycles. The molecule has 0 N–H and O–H groups in total. The molecule has 0 atom stereocenters. The van der Waals surface area contributed by atoms with Crippen molar-refractivity contribution >= 4 is 7.82 Å². The van der Waals surface area contributed by atoms with Gasteiger partial charge < -0.3 is 4.52 Å². The summed E-state index contributed by atoms with van der Waals surface area (Å²) in [5.41, 5.74) is 2.26. The van der Waals surface area contributed by atoms with Gasteiger partial charge in [-0.1, -0.05) is 12.3 Å². The second-order valence-corrected chi connectivity index (χ2v) is 3.08. The van der Waals surface area contributed by atoms with E-state index >= 15 is 0 Å². The first-order valence-corrected chi connectivity index (χ1v) is 3.89. The van der Waals surface area contributed by atoms with Gasteiger partial charge >= 0.3 is 7.82 Å². The van der Waals surface area contributed by atoms with Crippen molar-refractivity contribution in [3.8, 4) is 0 Å². The lowest BCUT2D eigenvalue weighted by Gasteiger charge is -2.09. The normalized spacial score (nSPS) is 10.2. The summed E-state index contributed by atoms with van der Waals surface area (Å²) in [6, 6.07) is 0. The summed E-state index contributed by atoms with van der Waals surface area (Å²) in [4.78, 5) is 0. The fourth-order valence-corrected chi connectivity index (χ4v) is 0.787. The maximum Gasteiger partial charge on any atom is 0.529 e. The molecule has 0 spiro atoms. The number of phosphoric acid groups is 1. The molecule has 5 heteroatoms. The molecule has 0 aliphatic carbocycles. The Labute approximate surface area is 59.7 Å². The van der Waals surface area contributed by atoms with Crippen LogP contribution in [0.25, 0.3) is 0 Å². The van der Waals surface area contributed by atoms with Crippen LogP contribution in [-0.2, 0) is 18.1 Å². The fraction of sp³-hybridized carbons (Fsp3) is 0.400. The van der Waals surface area contributed by atoms with Crippen LogP contribution >= 0.6 is 7.82 Å². The van der Waals surface area contributed by atoms with Gasteiger partial charge in [-0.05, 0) is 0 Å². The summed E-state index contributed by atoms with van der Waals surface area (Å²) in [6.07, 6.45) is 1.02. The van der Waals surface area contributed by atoms with Crippen LogP contribution < -0.4 is 0 Å². The van der Waals surface area contributed by atoms with E-state index in [0.29, 0.717) is 0 Å². The van der Waals surface area contributed by atoms with E-state index in [-0.39, 0.29) is 0 Å². The van der Waals surface area contributed by atoms with Crippen LogP contribution in [0.15, 0.2) is 18.6 Å². The summed E-state index contributed by atoms with van der Waals surface area (Å²) in [6.45, 7) is 3.19. The zero-order chi connectivity index (χ0) is 8.04. The van der Waals surface area contributed by atoms with Gasteiger partial charge in [0.2, 0.25) is 0 Å². The first kappa shape index (κ1) is 9.47. The van der Waals surface area contributed by atoms with Gasteiger partial charge in [0.15, 0.2) is 0 Å². The van der Waals surface area contributed by atoms with Gasteiger partial charge in [0.05, 0.1) is 0 Å². The second kappa shape index (κ2) is 4.31. The predicted molar refractivity (Wildman–Crippen MR) is 36.4 cm³/mol. The average Bonchev–Trinajstić information content (AvgIpc) is 2.00. The van der Waals surface area contributed by atoms with Crippen molar-refractivity contribution in [3.05, 3.63) is 18.6 Å². The Morgan fingerprint density at radius 1 is 1.50 bits per heavy atom. The van der Waals surface area contributed by atoms with E-state index in [0.717, 1.165) is 6.26 Å². The first-order valence-electron chi connectivity index (χ1n) is 2.42. The Kier molecular flexibility index (Phi) is 4.08. The number of rotatable bonds is 4. The van der Waals surface area contributed by atoms with Gasteiger partial charge in [0, 0.05) is 14.2 Å². The molecular weight excluding hydrogens is 155 g/mol. The summed E-state index contributed by atoms with van der Waals surface area (Å²) in [7, 11) is -0.909. The van der Waals surface area contributed by atoms with E-state index < -0.39 is 7.82 Å². The lowest BCUT2D eigenvalue weighted by molar-refractivity contribution is 0.194. The van der Waals surface area contributed by atoms with E-state index in [1.54, 1.807) is 0 Å². The summed E-state index contributed by atoms with van der Waals surface area (Å²) < 4.78 is 24.2. The monoisotopic (exact) mass is 164 g/mol. The third-order valence-electron chi connectivity index (χ3n) is 0.712. The molecule has 0 rings (SSSR count). The molecule has 0 aliphatic heterocycles. The van der Waals surface area contributed by atoms with Gasteiger partial charge in [0.25, 0.3) is 0 Å². The van der Waals surface area contributed by atoms with Crippen LogP contribution in [0.4, 0.5) is 0 Å². The molecule has 0 amide bonds. The van der Waals surface area contributed by atoms with Crippen LogP contribution in [-0.4, -0.2) is 14.2 Å². The molecule has 0 bridgehead atoms. The van der Waals surface area contributed by atoms with E-state index in [2.05, 4.69) is 25.9 Å². The zero-order valence-electron chi connectivity index (χ0n) is 5.86. The molecule has 10 heavy (non-hydrogen) atoms. The lowest BCUT2D eigenvalue weighted by atomic mass is 11.0. The van der Waals surface area contributed by atoms with Crippen molar-refractivity contribution in [2.24, 2.45) is 0 Å². The van der Waals surface area contributed by atoms with Gasteiger partial charge in [-0.2, -0.15) is 0 Å². The number of hydrogen-bond donors (Lipinski definition) is 0. The maximum absolute atomic E-state index is 10.9. The van der Waals surface area contributed by atoms with E-state index in [1.807, 2.05) is 0 Å². The lowest BCUT2D eigenvalue weighted by Crippen LogP contribution is -1.88. The quantitative estimate of drug-likeness (QED) is 0.360. The molecule has 0 aromatic carbocycles. The van der Waals surface area contributed by atoms with Crippen LogP contribution in [0.2, 0.25) is 0 Å². The molecule has 0 radical (unpaired) electrons. The molecule has 0 saturated heterocycles. The van der Waals surface area contributed by atoms with Gasteiger partial charge in [-0.3, -0.25) is 9.05 Å². The Morgan fingerprint density at radius 2 is 2.00 bits per heavy atom. The van der Waals surface area contributed by atoms with Crippen molar-refractivity contribution in [2.75, 3.05) is 14.2 Å². The third kappa shape index (κ3) is 2.85. The van der Waals surface area contributed by atoms with Crippen LogP contribution in [0, 0.1) is 0 Å². The standard InChI is InChI=1S/C5H9O4P/c1-4-5-9-10(6,7-2)8-3/h5H,1H2,2-3H3. The molecule has 4 nitrogen and oxygen atoms in total. The van der Waals surface area contributed by atoms with E-state index in [4.69, 9.17) is 0 Å².